The lowest BCUT2D eigenvalue weighted by molar-refractivity contribution is -0.141. The lowest BCUT2D eigenvalue weighted by atomic mass is 9.85. The maximum atomic E-state index is 13.8. The van der Waals surface area contributed by atoms with Crippen molar-refractivity contribution in [3.8, 4) is 0 Å². The number of alkyl carbamates (subject to hydrolysis) is 1. The van der Waals surface area contributed by atoms with Gasteiger partial charge in [0.2, 0.25) is 0 Å². The third-order valence-electron chi connectivity index (χ3n) is 7.75. The molecule has 3 heterocycles. The molecule has 2 aliphatic heterocycles. The van der Waals surface area contributed by atoms with Gasteiger partial charge in [-0.2, -0.15) is 0 Å². The summed E-state index contributed by atoms with van der Waals surface area (Å²) in [7, 11) is 0. The van der Waals surface area contributed by atoms with E-state index in [1.165, 1.54) is 9.80 Å². The highest BCUT2D eigenvalue weighted by Gasteiger charge is 2.53. The Labute approximate surface area is 252 Å². The smallest absolute Gasteiger partial charge is 0.375 e. The number of carbonyl (C=O) groups excluding carboxylic acids is 4. The van der Waals surface area contributed by atoms with Crippen molar-refractivity contribution >= 4 is 47.0 Å². The van der Waals surface area contributed by atoms with Crippen LogP contribution < -0.4 is 15.1 Å². The summed E-state index contributed by atoms with van der Waals surface area (Å²) >= 11 is 6.06. The average molecular weight is 598 g/mol. The fraction of sp³-hybridized carbons (Fsp3) is 0.516. The van der Waals surface area contributed by atoms with E-state index in [-0.39, 0.29) is 23.9 Å². The van der Waals surface area contributed by atoms with Gasteiger partial charge in [0.1, 0.15) is 16.7 Å². The van der Waals surface area contributed by atoms with E-state index in [1.54, 1.807) is 58.2 Å². The van der Waals surface area contributed by atoms with Crippen LogP contribution in [0.3, 0.4) is 0 Å². The van der Waals surface area contributed by atoms with E-state index in [9.17, 15) is 19.2 Å². The molecule has 0 spiro atoms. The predicted octanol–water partition coefficient (Wildman–Crippen LogP) is 5.66. The molecule has 10 nitrogen and oxygen atoms in total. The Morgan fingerprint density at radius 2 is 1.76 bits per heavy atom. The van der Waals surface area contributed by atoms with Crippen molar-refractivity contribution in [3.05, 3.63) is 52.8 Å². The molecule has 1 aromatic carbocycles. The number of nitrogens with one attached hydrogen (secondary N) is 1. The van der Waals surface area contributed by atoms with Gasteiger partial charge in [0.15, 0.2) is 0 Å². The van der Waals surface area contributed by atoms with Crippen LogP contribution in [0.4, 0.5) is 21.0 Å². The van der Waals surface area contributed by atoms with Crippen LogP contribution in [0.1, 0.15) is 73.4 Å². The average Bonchev–Trinajstić information content (AvgIpc) is 3.19. The number of benzene rings is 1. The summed E-state index contributed by atoms with van der Waals surface area (Å²) in [6.07, 6.45) is 0.757. The van der Waals surface area contributed by atoms with E-state index in [0.717, 1.165) is 11.1 Å². The maximum absolute atomic E-state index is 13.8. The second-order valence-electron chi connectivity index (χ2n) is 13.5. The molecule has 0 radical (unpaired) electrons. The molecule has 2 aliphatic rings. The van der Waals surface area contributed by atoms with Crippen molar-refractivity contribution in [2.75, 3.05) is 16.3 Å². The van der Waals surface area contributed by atoms with Crippen LogP contribution in [0.25, 0.3) is 0 Å². The number of esters is 1. The molecule has 1 atom stereocenters. The van der Waals surface area contributed by atoms with Crippen molar-refractivity contribution in [2.24, 2.45) is 5.41 Å². The zero-order chi connectivity index (χ0) is 31.4. The highest BCUT2D eigenvalue weighted by atomic mass is 35.5. The Balaban J connectivity index is 1.72. The number of pyridine rings is 1. The first-order valence-electron chi connectivity index (χ1n) is 14.0. The monoisotopic (exact) mass is 597 g/mol. The largest absolute Gasteiger partial charge is 0.415 e. The van der Waals surface area contributed by atoms with Crippen molar-refractivity contribution in [1.29, 1.82) is 0 Å². The van der Waals surface area contributed by atoms with Crippen LogP contribution in [-0.4, -0.2) is 58.1 Å². The number of hydrogen-bond acceptors (Lipinski definition) is 7. The number of fused-ring (bicyclic) bond motifs is 1. The third-order valence-corrected chi connectivity index (χ3v) is 7.96. The number of urea groups is 1. The topological polar surface area (TPSA) is 112 Å². The van der Waals surface area contributed by atoms with E-state index in [2.05, 4.69) is 24.1 Å². The molecule has 1 fully saturated rings. The summed E-state index contributed by atoms with van der Waals surface area (Å²) in [6, 6.07) is 7.40. The zero-order valence-corrected chi connectivity index (χ0v) is 26.5. The first-order chi connectivity index (χ1) is 19.3. The number of imide groups is 1. The van der Waals surface area contributed by atoms with Crippen molar-refractivity contribution < 1.29 is 23.9 Å². The molecule has 42 heavy (non-hydrogen) atoms. The molecule has 226 valence electrons. The van der Waals surface area contributed by atoms with Gasteiger partial charge in [-0.25, -0.2) is 24.3 Å². The normalized spacial score (nSPS) is 18.4. The molecule has 1 saturated heterocycles. The van der Waals surface area contributed by atoms with Gasteiger partial charge < -0.3 is 19.9 Å². The minimum atomic E-state index is -1.12. The molecule has 0 aliphatic carbocycles. The maximum Gasteiger partial charge on any atom is 0.415 e. The Morgan fingerprint density at radius 1 is 1.10 bits per heavy atom. The molecule has 4 rings (SSSR count). The van der Waals surface area contributed by atoms with Gasteiger partial charge in [0.25, 0.3) is 5.91 Å². The molecule has 1 N–H and O–H groups in total. The van der Waals surface area contributed by atoms with E-state index in [4.69, 9.17) is 16.3 Å². The molecular formula is C31H40ClN5O5. The first-order valence-corrected chi connectivity index (χ1v) is 14.4. The van der Waals surface area contributed by atoms with Gasteiger partial charge in [0, 0.05) is 36.4 Å². The molecule has 4 amide bonds. The van der Waals surface area contributed by atoms with E-state index >= 15 is 0 Å². The number of hydrogen-bond donors (Lipinski definition) is 1. The van der Waals surface area contributed by atoms with Crippen molar-refractivity contribution in [1.82, 2.24) is 15.2 Å². The second-order valence-corrected chi connectivity index (χ2v) is 13.9. The van der Waals surface area contributed by atoms with Crippen LogP contribution in [0.15, 0.2) is 36.5 Å². The minimum absolute atomic E-state index is 0.177. The number of anilines is 2. The summed E-state index contributed by atoms with van der Waals surface area (Å²) in [5.74, 6) is -1.04. The fourth-order valence-corrected chi connectivity index (χ4v) is 5.90. The number of amides is 4. The van der Waals surface area contributed by atoms with Crippen LogP contribution in [0.2, 0.25) is 5.15 Å². The lowest BCUT2D eigenvalue weighted by Crippen LogP contribution is -2.52. The third kappa shape index (κ3) is 5.82. The van der Waals surface area contributed by atoms with Gasteiger partial charge in [-0.3, -0.25) is 4.79 Å². The number of carbonyl (C=O) groups is 4. The molecule has 11 heteroatoms. The van der Waals surface area contributed by atoms with E-state index in [1.807, 2.05) is 31.7 Å². The molecule has 2 aromatic rings. The van der Waals surface area contributed by atoms with Gasteiger partial charge in [-0.1, -0.05) is 52.3 Å². The van der Waals surface area contributed by atoms with Crippen LogP contribution in [-0.2, 0) is 26.3 Å². The summed E-state index contributed by atoms with van der Waals surface area (Å²) in [5.41, 5.74) is 0.717. The molecule has 1 aromatic heterocycles. The molecule has 0 saturated carbocycles. The summed E-state index contributed by atoms with van der Waals surface area (Å²) in [5, 5.41) is 2.90. The minimum Gasteiger partial charge on any atom is -0.375 e. The van der Waals surface area contributed by atoms with Gasteiger partial charge >= 0.3 is 18.1 Å². The Hall–Kier alpha value is -3.66. The van der Waals surface area contributed by atoms with Gasteiger partial charge in [-0.15, -0.1) is 0 Å². The molecule has 0 bridgehead atoms. The van der Waals surface area contributed by atoms with Crippen LogP contribution in [0.5, 0.6) is 0 Å². The standard InChI is InChI=1S/C31H40ClN5O5/c1-18(2)34-27(40)42-25(38)24(29(3,4)5)35-17-30(6,7)21-11-10-20(15-22(21)35)37-26(39)31(8,9)36(28(37)41)16-19-12-13-33-23(32)14-19/h10-15,18,24H,16-17H2,1-9H3,(H,34,40). The van der Waals surface area contributed by atoms with Gasteiger partial charge in [-0.05, 0) is 68.5 Å². The predicted molar refractivity (Wildman–Crippen MR) is 162 cm³/mol. The quantitative estimate of drug-likeness (QED) is 0.198. The lowest BCUT2D eigenvalue weighted by Gasteiger charge is -2.38. The summed E-state index contributed by atoms with van der Waals surface area (Å²) in [4.78, 5) is 62.0. The highest BCUT2D eigenvalue weighted by molar-refractivity contribution is 6.29. The Bertz CT molecular complexity index is 1430. The summed E-state index contributed by atoms with van der Waals surface area (Å²) in [6.45, 7) is 17.5. The highest BCUT2D eigenvalue weighted by Crippen LogP contribution is 2.47. The number of rotatable bonds is 6. The second kappa shape index (κ2) is 10.9. The number of halogens is 1. The van der Waals surface area contributed by atoms with Gasteiger partial charge in [0.05, 0.1) is 5.69 Å². The Kier molecular flexibility index (Phi) is 8.10. The van der Waals surface area contributed by atoms with Crippen LogP contribution in [0, 0.1) is 5.41 Å². The summed E-state index contributed by atoms with van der Waals surface area (Å²) < 4.78 is 5.25. The number of nitrogens with zero attached hydrogens (tertiary/aromatic N) is 4. The van der Waals surface area contributed by atoms with Crippen LogP contribution >= 0.6 is 11.6 Å². The first kappa shape index (κ1) is 31.3. The number of ether oxygens (including phenoxy) is 1. The van der Waals surface area contributed by atoms with Crippen molar-refractivity contribution in [2.45, 2.75) is 91.9 Å². The Morgan fingerprint density at radius 3 is 2.36 bits per heavy atom. The van der Waals surface area contributed by atoms with E-state index < -0.39 is 35.1 Å². The van der Waals surface area contributed by atoms with Crippen molar-refractivity contribution in [3.63, 3.8) is 0 Å². The zero-order valence-electron chi connectivity index (χ0n) is 25.7. The molecule has 1 unspecified atom stereocenters. The number of aromatic nitrogens is 1. The fourth-order valence-electron chi connectivity index (χ4n) is 5.71. The molecular weight excluding hydrogens is 558 g/mol. The SMILES string of the molecule is CC(C)NC(=O)OC(=O)C(N1CC(C)(C)c2ccc(N3C(=O)N(Cc4ccnc(Cl)c4)C(C)(C)C3=O)cc21)C(C)(C)C. The van der Waals surface area contributed by atoms with E-state index in [0.29, 0.717) is 23.1 Å².